The van der Waals surface area contributed by atoms with Crippen LogP contribution >= 0.6 is 0 Å². The minimum Gasteiger partial charge on any atom is -0.382 e. The molecule has 0 aromatic heterocycles. The van der Waals surface area contributed by atoms with E-state index in [2.05, 4.69) is 5.32 Å². The minimum absolute atomic E-state index is 0.0174. The molecule has 2 amide bonds. The van der Waals surface area contributed by atoms with Crippen LogP contribution in [-0.2, 0) is 19.1 Å². The molecule has 6 nitrogen and oxygen atoms in total. The van der Waals surface area contributed by atoms with E-state index >= 15 is 0 Å². The molecular weight excluding hydrogens is 248 g/mol. The van der Waals surface area contributed by atoms with Gasteiger partial charge >= 0.3 is 0 Å². The molecular formula is C13H24N2O4. The molecule has 1 N–H and O–H groups in total. The highest BCUT2D eigenvalue weighted by Crippen LogP contribution is 2.10. The van der Waals surface area contributed by atoms with Crippen molar-refractivity contribution >= 4 is 11.8 Å². The van der Waals surface area contributed by atoms with E-state index in [1.165, 1.54) is 0 Å². The molecule has 1 rings (SSSR count). The highest BCUT2D eigenvalue weighted by Gasteiger charge is 2.31. The highest BCUT2D eigenvalue weighted by molar-refractivity contribution is 5.90. The fourth-order valence-electron chi connectivity index (χ4n) is 1.94. The number of carbonyl (C=O) groups is 2. The maximum Gasteiger partial charge on any atom is 0.245 e. The van der Waals surface area contributed by atoms with Gasteiger partial charge in [0, 0.05) is 26.6 Å². The molecule has 0 aromatic rings. The number of rotatable bonds is 7. The SMILES string of the molecule is COCCOCCN1CCC(=O)NC(C(C)C)C1=O. The molecule has 0 spiro atoms. The van der Waals surface area contributed by atoms with Crippen molar-refractivity contribution in [2.45, 2.75) is 26.3 Å². The fourth-order valence-corrected chi connectivity index (χ4v) is 1.94. The Morgan fingerprint density at radius 3 is 2.68 bits per heavy atom. The predicted molar refractivity (Wildman–Crippen MR) is 70.7 cm³/mol. The van der Waals surface area contributed by atoms with Crippen LogP contribution in [0.3, 0.4) is 0 Å². The second kappa shape index (κ2) is 8.12. The monoisotopic (exact) mass is 272 g/mol. The van der Waals surface area contributed by atoms with Crippen LogP contribution in [0.15, 0.2) is 0 Å². The van der Waals surface area contributed by atoms with Gasteiger partial charge in [-0.25, -0.2) is 0 Å². The Morgan fingerprint density at radius 2 is 2.05 bits per heavy atom. The van der Waals surface area contributed by atoms with Crippen molar-refractivity contribution in [1.82, 2.24) is 10.2 Å². The Bertz CT molecular complexity index is 307. The Hall–Kier alpha value is -1.14. The van der Waals surface area contributed by atoms with E-state index in [1.54, 1.807) is 12.0 Å². The van der Waals surface area contributed by atoms with Gasteiger partial charge in [0.1, 0.15) is 6.04 Å². The highest BCUT2D eigenvalue weighted by atomic mass is 16.5. The first-order valence-corrected chi connectivity index (χ1v) is 6.71. The van der Waals surface area contributed by atoms with Gasteiger partial charge in [-0.2, -0.15) is 0 Å². The number of hydrogen-bond acceptors (Lipinski definition) is 4. The van der Waals surface area contributed by atoms with Crippen molar-refractivity contribution in [2.24, 2.45) is 5.92 Å². The van der Waals surface area contributed by atoms with Crippen LogP contribution in [0.25, 0.3) is 0 Å². The van der Waals surface area contributed by atoms with E-state index in [0.717, 1.165) is 0 Å². The number of nitrogens with zero attached hydrogens (tertiary/aromatic N) is 1. The molecule has 0 radical (unpaired) electrons. The van der Waals surface area contributed by atoms with Crippen molar-refractivity contribution < 1.29 is 19.1 Å². The number of ether oxygens (including phenoxy) is 2. The van der Waals surface area contributed by atoms with Gasteiger partial charge in [-0.3, -0.25) is 9.59 Å². The van der Waals surface area contributed by atoms with Crippen LogP contribution in [0.2, 0.25) is 0 Å². The number of methoxy groups -OCH3 is 1. The van der Waals surface area contributed by atoms with E-state index in [0.29, 0.717) is 39.3 Å². The fraction of sp³-hybridized carbons (Fsp3) is 0.846. The Balaban J connectivity index is 2.46. The van der Waals surface area contributed by atoms with Gasteiger partial charge in [0.15, 0.2) is 0 Å². The van der Waals surface area contributed by atoms with Crippen molar-refractivity contribution in [2.75, 3.05) is 40.0 Å². The molecule has 1 unspecified atom stereocenters. The molecule has 19 heavy (non-hydrogen) atoms. The quantitative estimate of drug-likeness (QED) is 0.664. The summed E-state index contributed by atoms with van der Waals surface area (Å²) < 4.78 is 10.2. The average molecular weight is 272 g/mol. The van der Waals surface area contributed by atoms with E-state index < -0.39 is 6.04 Å². The maximum absolute atomic E-state index is 12.3. The summed E-state index contributed by atoms with van der Waals surface area (Å²) in [5.41, 5.74) is 0. The molecule has 1 saturated heterocycles. The van der Waals surface area contributed by atoms with E-state index in [1.807, 2.05) is 13.8 Å². The number of hydrogen-bond donors (Lipinski definition) is 1. The Morgan fingerprint density at radius 1 is 1.32 bits per heavy atom. The van der Waals surface area contributed by atoms with Crippen LogP contribution in [-0.4, -0.2) is 62.8 Å². The summed E-state index contributed by atoms with van der Waals surface area (Å²) in [5.74, 6) is 0.0116. The van der Waals surface area contributed by atoms with E-state index in [-0.39, 0.29) is 17.7 Å². The lowest BCUT2D eigenvalue weighted by molar-refractivity contribution is -0.135. The lowest BCUT2D eigenvalue weighted by Crippen LogP contribution is -2.48. The topological polar surface area (TPSA) is 67.9 Å². The molecule has 1 aliphatic rings. The van der Waals surface area contributed by atoms with Gasteiger partial charge in [-0.05, 0) is 5.92 Å². The molecule has 0 saturated carbocycles. The first kappa shape index (κ1) is 15.9. The summed E-state index contributed by atoms with van der Waals surface area (Å²) in [5, 5.41) is 2.78. The molecule has 1 atom stereocenters. The van der Waals surface area contributed by atoms with Crippen LogP contribution in [0.1, 0.15) is 20.3 Å². The van der Waals surface area contributed by atoms with Crippen molar-refractivity contribution in [3.05, 3.63) is 0 Å². The lowest BCUT2D eigenvalue weighted by Gasteiger charge is -2.25. The third-order valence-electron chi connectivity index (χ3n) is 3.11. The second-order valence-corrected chi connectivity index (χ2v) is 4.97. The minimum atomic E-state index is -0.422. The summed E-state index contributed by atoms with van der Waals surface area (Å²) in [4.78, 5) is 25.6. The zero-order chi connectivity index (χ0) is 14.3. The van der Waals surface area contributed by atoms with E-state index in [4.69, 9.17) is 9.47 Å². The number of amides is 2. The summed E-state index contributed by atoms with van der Waals surface area (Å²) in [6.07, 6.45) is 0.354. The van der Waals surface area contributed by atoms with Crippen LogP contribution in [0.4, 0.5) is 0 Å². The number of nitrogens with one attached hydrogen (secondary N) is 1. The molecule has 0 bridgehead atoms. The molecule has 1 heterocycles. The Labute approximate surface area is 114 Å². The third kappa shape index (κ3) is 5.16. The summed E-state index contributed by atoms with van der Waals surface area (Å²) in [6.45, 7) is 6.37. The van der Waals surface area contributed by atoms with Gasteiger partial charge in [-0.15, -0.1) is 0 Å². The molecule has 1 fully saturated rings. The summed E-state index contributed by atoms with van der Waals surface area (Å²) in [7, 11) is 1.62. The molecule has 0 aliphatic carbocycles. The van der Waals surface area contributed by atoms with Crippen LogP contribution < -0.4 is 5.32 Å². The summed E-state index contributed by atoms with van der Waals surface area (Å²) >= 11 is 0. The molecule has 6 heteroatoms. The normalized spacial score (nSPS) is 20.6. The summed E-state index contributed by atoms with van der Waals surface area (Å²) in [6, 6.07) is -0.422. The van der Waals surface area contributed by atoms with Crippen molar-refractivity contribution in [1.29, 1.82) is 0 Å². The molecule has 110 valence electrons. The van der Waals surface area contributed by atoms with Crippen molar-refractivity contribution in [3.63, 3.8) is 0 Å². The van der Waals surface area contributed by atoms with Crippen LogP contribution in [0.5, 0.6) is 0 Å². The van der Waals surface area contributed by atoms with Gasteiger partial charge < -0.3 is 19.7 Å². The maximum atomic E-state index is 12.3. The smallest absolute Gasteiger partial charge is 0.245 e. The van der Waals surface area contributed by atoms with Gasteiger partial charge in [0.25, 0.3) is 0 Å². The third-order valence-corrected chi connectivity index (χ3v) is 3.11. The predicted octanol–water partition coefficient (Wildman–Crippen LogP) is 0.0225. The molecule has 0 aromatic carbocycles. The van der Waals surface area contributed by atoms with Crippen molar-refractivity contribution in [3.8, 4) is 0 Å². The van der Waals surface area contributed by atoms with Gasteiger partial charge in [0.2, 0.25) is 11.8 Å². The van der Waals surface area contributed by atoms with Gasteiger partial charge in [0.05, 0.1) is 19.8 Å². The average Bonchev–Trinajstić information content (AvgIpc) is 2.51. The molecule has 1 aliphatic heterocycles. The largest absolute Gasteiger partial charge is 0.382 e. The zero-order valence-corrected chi connectivity index (χ0v) is 12.0. The van der Waals surface area contributed by atoms with E-state index in [9.17, 15) is 9.59 Å². The first-order valence-electron chi connectivity index (χ1n) is 6.71. The number of carbonyl (C=O) groups excluding carboxylic acids is 2. The Kier molecular flexibility index (Phi) is 6.80. The second-order valence-electron chi connectivity index (χ2n) is 4.97. The van der Waals surface area contributed by atoms with Gasteiger partial charge in [-0.1, -0.05) is 13.8 Å². The standard InChI is InChI=1S/C13H24N2O4/c1-10(2)12-13(17)15(5-4-11(16)14-12)6-7-19-9-8-18-3/h10,12H,4-9H2,1-3H3,(H,14,16). The zero-order valence-electron chi connectivity index (χ0n) is 12.0. The lowest BCUT2D eigenvalue weighted by atomic mass is 10.0. The first-order chi connectivity index (χ1) is 9.06. The van der Waals surface area contributed by atoms with Crippen LogP contribution in [0, 0.1) is 5.92 Å².